The summed E-state index contributed by atoms with van der Waals surface area (Å²) in [7, 11) is 0. The molecule has 0 aliphatic rings. The monoisotopic (exact) mass is 329 g/mol. The van der Waals surface area contributed by atoms with E-state index in [0.717, 1.165) is 16.7 Å². The summed E-state index contributed by atoms with van der Waals surface area (Å²) in [6.45, 7) is 5.75. The fraction of sp³-hybridized carbons (Fsp3) is 0.263. The van der Waals surface area contributed by atoms with E-state index in [1.54, 1.807) is 12.1 Å². The molecule has 0 unspecified atom stereocenters. The summed E-state index contributed by atoms with van der Waals surface area (Å²) < 4.78 is 0. The third kappa shape index (κ3) is 4.67. The maximum absolute atomic E-state index is 12.3. The van der Waals surface area contributed by atoms with Crippen LogP contribution in [0, 0.1) is 20.8 Å². The second-order valence-corrected chi connectivity index (χ2v) is 6.19. The highest BCUT2D eigenvalue weighted by molar-refractivity contribution is 6.31. The van der Waals surface area contributed by atoms with E-state index in [0.29, 0.717) is 16.3 Å². The van der Waals surface area contributed by atoms with Crippen LogP contribution in [0.1, 0.15) is 39.9 Å². The Morgan fingerprint density at radius 1 is 0.957 bits per heavy atom. The molecule has 4 heteroatoms. The number of carbonyl (C=O) groups is 2. The molecule has 0 atom stereocenters. The largest absolute Gasteiger partial charge is 0.326 e. The highest BCUT2D eigenvalue weighted by atomic mass is 35.5. The van der Waals surface area contributed by atoms with E-state index in [1.807, 2.05) is 45.0 Å². The van der Waals surface area contributed by atoms with Gasteiger partial charge in [-0.15, -0.1) is 0 Å². The zero-order valence-electron chi connectivity index (χ0n) is 13.6. The van der Waals surface area contributed by atoms with Gasteiger partial charge in [0.15, 0.2) is 5.78 Å². The van der Waals surface area contributed by atoms with E-state index in [9.17, 15) is 9.59 Å². The number of carbonyl (C=O) groups excluding carboxylic acids is 2. The molecule has 0 saturated carbocycles. The minimum absolute atomic E-state index is 0.0100. The van der Waals surface area contributed by atoms with Gasteiger partial charge in [0.25, 0.3) is 0 Å². The zero-order valence-corrected chi connectivity index (χ0v) is 14.3. The Balaban J connectivity index is 1.97. The Morgan fingerprint density at radius 2 is 1.65 bits per heavy atom. The number of hydrogen-bond donors (Lipinski definition) is 1. The summed E-state index contributed by atoms with van der Waals surface area (Å²) in [6, 6.07) is 11.1. The molecule has 120 valence electrons. The van der Waals surface area contributed by atoms with Crippen LogP contribution in [0.4, 0.5) is 5.69 Å². The van der Waals surface area contributed by atoms with Gasteiger partial charge in [-0.1, -0.05) is 35.4 Å². The molecule has 0 spiro atoms. The van der Waals surface area contributed by atoms with Crippen LogP contribution < -0.4 is 5.32 Å². The molecule has 0 aliphatic heterocycles. The Bertz CT molecular complexity index is 753. The van der Waals surface area contributed by atoms with Crippen molar-refractivity contribution in [1.29, 1.82) is 0 Å². The maximum atomic E-state index is 12.3. The van der Waals surface area contributed by atoms with Crippen molar-refractivity contribution in [2.24, 2.45) is 0 Å². The molecule has 2 aromatic carbocycles. The molecule has 0 bridgehead atoms. The minimum Gasteiger partial charge on any atom is -0.326 e. The summed E-state index contributed by atoms with van der Waals surface area (Å²) >= 11 is 5.93. The number of nitrogens with one attached hydrogen (secondary N) is 1. The highest BCUT2D eigenvalue weighted by Gasteiger charge is 2.12. The molecule has 3 nitrogen and oxygen atoms in total. The van der Waals surface area contributed by atoms with Crippen molar-refractivity contribution in [1.82, 2.24) is 0 Å². The fourth-order valence-electron chi connectivity index (χ4n) is 2.34. The van der Waals surface area contributed by atoms with Gasteiger partial charge in [0.2, 0.25) is 5.91 Å². The number of anilines is 1. The van der Waals surface area contributed by atoms with Gasteiger partial charge in [-0.2, -0.15) is 0 Å². The van der Waals surface area contributed by atoms with Crippen molar-refractivity contribution < 1.29 is 9.59 Å². The van der Waals surface area contributed by atoms with Gasteiger partial charge in [-0.25, -0.2) is 0 Å². The predicted octanol–water partition coefficient (Wildman–Crippen LogP) is 4.87. The van der Waals surface area contributed by atoms with Crippen molar-refractivity contribution in [2.45, 2.75) is 33.6 Å². The molecular weight excluding hydrogens is 310 g/mol. The Hall–Kier alpha value is -2.13. The summed E-state index contributed by atoms with van der Waals surface area (Å²) in [5.41, 5.74) is 4.28. The number of aryl methyl sites for hydroxylation is 3. The van der Waals surface area contributed by atoms with Gasteiger partial charge >= 0.3 is 0 Å². The first-order chi connectivity index (χ1) is 10.9. The van der Waals surface area contributed by atoms with E-state index in [4.69, 9.17) is 11.6 Å². The minimum atomic E-state index is -0.186. The van der Waals surface area contributed by atoms with Crippen LogP contribution >= 0.6 is 11.6 Å². The van der Waals surface area contributed by atoms with Crippen LogP contribution in [-0.2, 0) is 4.79 Å². The van der Waals surface area contributed by atoms with Crippen molar-refractivity contribution in [3.05, 3.63) is 63.7 Å². The van der Waals surface area contributed by atoms with Crippen molar-refractivity contribution in [2.75, 3.05) is 5.32 Å². The molecule has 0 aliphatic carbocycles. The Morgan fingerprint density at radius 3 is 2.39 bits per heavy atom. The van der Waals surface area contributed by atoms with E-state index >= 15 is 0 Å². The predicted molar refractivity (Wildman–Crippen MR) is 94.3 cm³/mol. The second kappa shape index (κ2) is 7.42. The Kier molecular flexibility index (Phi) is 5.56. The normalized spacial score (nSPS) is 10.4. The van der Waals surface area contributed by atoms with Gasteiger partial charge in [-0.05, 0) is 50.1 Å². The number of rotatable bonds is 5. The number of Topliss-reactive ketones (excluding diaryl/α,β-unsaturated/α-hetero) is 1. The maximum Gasteiger partial charge on any atom is 0.224 e. The molecule has 0 fully saturated rings. The summed E-state index contributed by atoms with van der Waals surface area (Å²) in [5.74, 6) is -0.196. The van der Waals surface area contributed by atoms with Crippen LogP contribution in [0.5, 0.6) is 0 Å². The summed E-state index contributed by atoms with van der Waals surface area (Å²) in [4.78, 5) is 24.4. The van der Waals surface area contributed by atoms with Crippen LogP contribution in [0.15, 0.2) is 36.4 Å². The van der Waals surface area contributed by atoms with Crippen LogP contribution in [0.2, 0.25) is 5.02 Å². The lowest BCUT2D eigenvalue weighted by molar-refractivity contribution is -0.116. The first-order valence-electron chi connectivity index (χ1n) is 7.53. The smallest absolute Gasteiger partial charge is 0.224 e. The average Bonchev–Trinajstić information content (AvgIpc) is 2.51. The highest BCUT2D eigenvalue weighted by Crippen LogP contribution is 2.20. The van der Waals surface area contributed by atoms with Crippen LogP contribution in [-0.4, -0.2) is 11.7 Å². The lowest BCUT2D eigenvalue weighted by atomic mass is 9.99. The quantitative estimate of drug-likeness (QED) is 0.796. The van der Waals surface area contributed by atoms with Crippen molar-refractivity contribution in [3.8, 4) is 0 Å². The topological polar surface area (TPSA) is 46.2 Å². The zero-order chi connectivity index (χ0) is 17.0. The van der Waals surface area contributed by atoms with E-state index in [-0.39, 0.29) is 24.5 Å². The molecular formula is C19H20ClNO2. The van der Waals surface area contributed by atoms with Crippen molar-refractivity contribution >= 4 is 29.0 Å². The molecule has 0 aromatic heterocycles. The van der Waals surface area contributed by atoms with Gasteiger partial charge in [-0.3, -0.25) is 9.59 Å². The van der Waals surface area contributed by atoms with Gasteiger partial charge < -0.3 is 5.32 Å². The van der Waals surface area contributed by atoms with Crippen molar-refractivity contribution in [3.63, 3.8) is 0 Å². The number of hydrogen-bond acceptors (Lipinski definition) is 2. The molecule has 2 aromatic rings. The number of ketones is 1. The SMILES string of the molecule is Cc1ccc(C)c(C(=O)CCC(=O)Nc2cc(Cl)ccc2C)c1. The van der Waals surface area contributed by atoms with Crippen LogP contribution in [0.3, 0.4) is 0 Å². The lowest BCUT2D eigenvalue weighted by Gasteiger charge is -2.09. The number of amides is 1. The summed E-state index contributed by atoms with van der Waals surface area (Å²) in [5, 5.41) is 3.38. The standard InChI is InChI=1S/C19H20ClNO2/c1-12-4-5-13(2)16(10-12)18(22)8-9-19(23)21-17-11-15(20)7-6-14(17)3/h4-7,10-11H,8-9H2,1-3H3,(H,21,23). The third-order valence-electron chi connectivity index (χ3n) is 3.75. The van der Waals surface area contributed by atoms with E-state index < -0.39 is 0 Å². The average molecular weight is 330 g/mol. The third-order valence-corrected chi connectivity index (χ3v) is 3.98. The molecule has 0 saturated heterocycles. The number of benzene rings is 2. The molecule has 0 radical (unpaired) electrons. The van der Waals surface area contributed by atoms with E-state index in [2.05, 4.69) is 5.32 Å². The number of halogens is 1. The van der Waals surface area contributed by atoms with Gasteiger partial charge in [0.05, 0.1) is 0 Å². The molecule has 1 amide bonds. The van der Waals surface area contributed by atoms with E-state index in [1.165, 1.54) is 0 Å². The lowest BCUT2D eigenvalue weighted by Crippen LogP contribution is -2.14. The second-order valence-electron chi connectivity index (χ2n) is 5.75. The fourth-order valence-corrected chi connectivity index (χ4v) is 2.51. The first kappa shape index (κ1) is 17.2. The summed E-state index contributed by atoms with van der Waals surface area (Å²) in [6.07, 6.45) is 0.341. The molecule has 2 rings (SSSR count). The van der Waals surface area contributed by atoms with Crippen LogP contribution in [0.25, 0.3) is 0 Å². The van der Waals surface area contributed by atoms with Gasteiger partial charge in [0.1, 0.15) is 0 Å². The molecule has 23 heavy (non-hydrogen) atoms. The molecule has 0 heterocycles. The Labute approximate surface area is 141 Å². The first-order valence-corrected chi connectivity index (χ1v) is 7.91. The van der Waals surface area contributed by atoms with Gasteiger partial charge in [0, 0.05) is 29.1 Å². The molecule has 1 N–H and O–H groups in total.